The van der Waals surface area contributed by atoms with Crippen molar-refractivity contribution in [2.75, 3.05) is 33.4 Å². The van der Waals surface area contributed by atoms with Gasteiger partial charge in [-0.05, 0) is 6.92 Å². The van der Waals surface area contributed by atoms with Gasteiger partial charge < -0.3 is 14.6 Å². The monoisotopic (exact) mass is 296 g/mol. The van der Waals surface area contributed by atoms with Gasteiger partial charge in [0.25, 0.3) is 0 Å². The minimum Gasteiger partial charge on any atom is -0.449 e. The molecule has 1 heterocycles. The van der Waals surface area contributed by atoms with Crippen LogP contribution in [-0.4, -0.2) is 62.9 Å². The Morgan fingerprint density at radius 2 is 2.05 bits per heavy atom. The van der Waals surface area contributed by atoms with E-state index in [9.17, 15) is 18.3 Å². The Bertz CT molecular complexity index is 404. The lowest BCUT2D eigenvalue weighted by molar-refractivity contribution is -0.0690. The number of rotatable bonds is 5. The zero-order valence-corrected chi connectivity index (χ0v) is 11.9. The fraction of sp³-hybridized carbons (Fsp3) is 0.900. The van der Waals surface area contributed by atoms with Crippen molar-refractivity contribution in [3.8, 4) is 0 Å². The predicted octanol–water partition coefficient (Wildman–Crippen LogP) is -0.549. The number of nitrogens with zero attached hydrogens (tertiary/aromatic N) is 1. The van der Waals surface area contributed by atoms with Crippen LogP contribution >= 0.6 is 0 Å². The van der Waals surface area contributed by atoms with Gasteiger partial charge in [-0.15, -0.1) is 0 Å². The molecule has 2 N–H and O–H groups in total. The molecule has 1 amide bonds. The van der Waals surface area contributed by atoms with Crippen LogP contribution in [0.5, 0.6) is 0 Å². The number of ether oxygens (including phenoxy) is 2. The van der Waals surface area contributed by atoms with Gasteiger partial charge in [-0.3, -0.25) is 0 Å². The van der Waals surface area contributed by atoms with Crippen LogP contribution in [0.15, 0.2) is 0 Å². The van der Waals surface area contributed by atoms with E-state index in [4.69, 9.17) is 4.74 Å². The van der Waals surface area contributed by atoms with Crippen LogP contribution < -0.4 is 4.72 Å². The van der Waals surface area contributed by atoms with Crippen LogP contribution in [0.25, 0.3) is 0 Å². The standard InChI is InChI=1S/C10H20N2O6S/c1-3-18-9(13)11-19(15,16)12(2)8-10(14)4-6-17-7-5-10/h14H,3-8H2,1-2H3,(H,11,13). The SMILES string of the molecule is CCOC(=O)NS(=O)(=O)N(C)CC1(O)CCOCC1. The minimum atomic E-state index is -4.01. The molecule has 0 aromatic heterocycles. The van der Waals surface area contributed by atoms with E-state index in [0.717, 1.165) is 4.31 Å². The Hall–Kier alpha value is -0.900. The Kier molecular flexibility index (Phi) is 5.53. The summed E-state index contributed by atoms with van der Waals surface area (Å²) in [5, 5.41) is 10.2. The van der Waals surface area contributed by atoms with Gasteiger partial charge in [-0.2, -0.15) is 12.7 Å². The van der Waals surface area contributed by atoms with Crippen molar-refractivity contribution in [3.63, 3.8) is 0 Å². The molecule has 0 unspecified atom stereocenters. The third-order valence-electron chi connectivity index (χ3n) is 2.84. The van der Waals surface area contributed by atoms with Crippen molar-refractivity contribution >= 4 is 16.3 Å². The van der Waals surface area contributed by atoms with Crippen LogP contribution in [0.4, 0.5) is 4.79 Å². The Morgan fingerprint density at radius 3 is 2.58 bits per heavy atom. The van der Waals surface area contributed by atoms with Crippen LogP contribution in [0.2, 0.25) is 0 Å². The first-order valence-electron chi connectivity index (χ1n) is 6.00. The van der Waals surface area contributed by atoms with E-state index in [0.29, 0.717) is 26.1 Å². The van der Waals surface area contributed by atoms with E-state index in [2.05, 4.69) is 4.74 Å². The van der Waals surface area contributed by atoms with Crippen molar-refractivity contribution in [1.29, 1.82) is 0 Å². The average Bonchev–Trinajstić information content (AvgIpc) is 2.28. The van der Waals surface area contributed by atoms with Crippen molar-refractivity contribution < 1.29 is 27.8 Å². The second-order valence-electron chi connectivity index (χ2n) is 4.42. The van der Waals surface area contributed by atoms with Crippen LogP contribution in [0.3, 0.4) is 0 Å². The molecular weight excluding hydrogens is 276 g/mol. The lowest BCUT2D eigenvalue weighted by Crippen LogP contribution is -2.51. The number of likely N-dealkylation sites (N-methyl/N-ethyl adjacent to an activating group) is 1. The molecule has 0 saturated carbocycles. The predicted molar refractivity (Wildman–Crippen MR) is 66.7 cm³/mol. The van der Waals surface area contributed by atoms with Gasteiger partial charge in [0.2, 0.25) is 0 Å². The number of hydrogen-bond donors (Lipinski definition) is 2. The molecule has 1 fully saturated rings. The van der Waals surface area contributed by atoms with E-state index in [1.54, 1.807) is 11.6 Å². The molecule has 0 spiro atoms. The maximum Gasteiger partial charge on any atom is 0.421 e. The fourth-order valence-corrected chi connectivity index (χ4v) is 2.59. The zero-order valence-electron chi connectivity index (χ0n) is 11.1. The number of hydrogen-bond acceptors (Lipinski definition) is 6. The topological polar surface area (TPSA) is 105 Å². The van der Waals surface area contributed by atoms with E-state index in [-0.39, 0.29) is 13.2 Å². The Labute approximate surface area is 112 Å². The van der Waals surface area contributed by atoms with E-state index in [1.165, 1.54) is 7.05 Å². The van der Waals surface area contributed by atoms with Gasteiger partial charge in [-0.25, -0.2) is 9.52 Å². The maximum absolute atomic E-state index is 11.8. The molecule has 8 nitrogen and oxygen atoms in total. The van der Waals surface area contributed by atoms with Crippen molar-refractivity contribution in [3.05, 3.63) is 0 Å². The first kappa shape index (κ1) is 16.2. The molecule has 1 saturated heterocycles. The molecule has 0 aliphatic carbocycles. The molecule has 9 heteroatoms. The van der Waals surface area contributed by atoms with Gasteiger partial charge in [0.05, 0.1) is 12.2 Å². The summed E-state index contributed by atoms with van der Waals surface area (Å²) in [6, 6.07) is 0. The highest BCUT2D eigenvalue weighted by Gasteiger charge is 2.35. The highest BCUT2D eigenvalue weighted by Crippen LogP contribution is 2.21. The van der Waals surface area contributed by atoms with Crippen molar-refractivity contribution in [2.45, 2.75) is 25.4 Å². The maximum atomic E-state index is 11.8. The summed E-state index contributed by atoms with van der Waals surface area (Å²) in [4.78, 5) is 11.1. The first-order valence-corrected chi connectivity index (χ1v) is 7.44. The molecular formula is C10H20N2O6S. The Balaban J connectivity index is 2.60. The quantitative estimate of drug-likeness (QED) is 0.705. The summed E-state index contributed by atoms with van der Waals surface area (Å²) in [5.41, 5.74) is -1.13. The summed E-state index contributed by atoms with van der Waals surface area (Å²) in [5.74, 6) is 0. The molecule has 0 radical (unpaired) electrons. The van der Waals surface area contributed by atoms with E-state index in [1.807, 2.05) is 0 Å². The number of aliphatic hydroxyl groups is 1. The molecule has 0 bridgehead atoms. The number of carbonyl (C=O) groups excluding carboxylic acids is 1. The molecule has 0 atom stereocenters. The molecule has 19 heavy (non-hydrogen) atoms. The van der Waals surface area contributed by atoms with Crippen LogP contribution in [0, 0.1) is 0 Å². The summed E-state index contributed by atoms with van der Waals surface area (Å²) in [6.07, 6.45) is -0.327. The lowest BCUT2D eigenvalue weighted by Gasteiger charge is -2.34. The van der Waals surface area contributed by atoms with Crippen molar-refractivity contribution in [1.82, 2.24) is 9.03 Å². The van der Waals surface area contributed by atoms with Crippen LogP contribution in [0.1, 0.15) is 19.8 Å². The highest BCUT2D eigenvalue weighted by molar-refractivity contribution is 7.87. The van der Waals surface area contributed by atoms with Crippen molar-refractivity contribution in [2.24, 2.45) is 0 Å². The first-order chi connectivity index (χ1) is 8.79. The number of nitrogens with one attached hydrogen (secondary N) is 1. The number of carbonyl (C=O) groups is 1. The third kappa shape index (κ3) is 4.94. The fourth-order valence-electron chi connectivity index (χ4n) is 1.75. The normalized spacial score (nSPS) is 19.2. The second kappa shape index (κ2) is 6.51. The summed E-state index contributed by atoms with van der Waals surface area (Å²) >= 11 is 0. The number of amides is 1. The summed E-state index contributed by atoms with van der Waals surface area (Å²) in [7, 11) is -2.72. The highest BCUT2D eigenvalue weighted by atomic mass is 32.2. The molecule has 0 aromatic rings. The summed E-state index contributed by atoms with van der Waals surface area (Å²) < 4.78 is 35.9. The van der Waals surface area contributed by atoms with E-state index < -0.39 is 21.9 Å². The Morgan fingerprint density at radius 1 is 1.47 bits per heavy atom. The molecule has 1 aliphatic rings. The van der Waals surface area contributed by atoms with Gasteiger partial charge in [0, 0.05) is 39.6 Å². The third-order valence-corrected chi connectivity index (χ3v) is 4.21. The molecule has 112 valence electrons. The molecule has 1 rings (SSSR count). The molecule has 1 aliphatic heterocycles. The summed E-state index contributed by atoms with van der Waals surface area (Å²) in [6.45, 7) is 2.31. The smallest absolute Gasteiger partial charge is 0.421 e. The van der Waals surface area contributed by atoms with Gasteiger partial charge in [0.1, 0.15) is 0 Å². The lowest BCUT2D eigenvalue weighted by atomic mass is 9.95. The van der Waals surface area contributed by atoms with Gasteiger partial charge in [-0.1, -0.05) is 0 Å². The molecule has 0 aromatic carbocycles. The largest absolute Gasteiger partial charge is 0.449 e. The minimum absolute atomic E-state index is 0.0757. The average molecular weight is 296 g/mol. The zero-order chi connectivity index (χ0) is 14.5. The van der Waals surface area contributed by atoms with Crippen LogP contribution in [-0.2, 0) is 19.7 Å². The van der Waals surface area contributed by atoms with E-state index >= 15 is 0 Å². The second-order valence-corrected chi connectivity index (χ2v) is 6.20. The van der Waals surface area contributed by atoms with Gasteiger partial charge >= 0.3 is 16.3 Å². The van der Waals surface area contributed by atoms with Gasteiger partial charge in [0.15, 0.2) is 0 Å².